The maximum Gasteiger partial charge on any atom is 0.298 e. The number of carbonyl (C=O) groups is 2. The smallest absolute Gasteiger partial charge is 0.298 e. The van der Waals surface area contributed by atoms with E-state index in [1.54, 1.807) is 18.0 Å². The van der Waals surface area contributed by atoms with E-state index in [9.17, 15) is 19.8 Å². The summed E-state index contributed by atoms with van der Waals surface area (Å²) in [7, 11) is 3.58. The van der Waals surface area contributed by atoms with E-state index in [2.05, 4.69) is 11.8 Å². The molecule has 4 aliphatic rings. The van der Waals surface area contributed by atoms with Crippen LogP contribution in [0.2, 0.25) is 0 Å². The van der Waals surface area contributed by atoms with Crippen LogP contribution >= 0.6 is 0 Å². The van der Waals surface area contributed by atoms with Gasteiger partial charge in [0.25, 0.3) is 5.91 Å². The third kappa shape index (κ3) is 2.75. The van der Waals surface area contributed by atoms with Crippen molar-refractivity contribution in [3.63, 3.8) is 0 Å². The number of aryl methyl sites for hydroxylation is 1. The third-order valence-corrected chi connectivity index (χ3v) is 8.67. The number of amides is 1. The molecule has 2 aromatic carbocycles. The van der Waals surface area contributed by atoms with Crippen molar-refractivity contribution in [1.82, 2.24) is 9.80 Å². The highest BCUT2D eigenvalue weighted by Gasteiger charge is 2.75. The van der Waals surface area contributed by atoms with Crippen molar-refractivity contribution in [2.45, 2.75) is 55.4 Å². The summed E-state index contributed by atoms with van der Waals surface area (Å²) >= 11 is 0. The average molecular weight is 473 g/mol. The molecular weight excluding hydrogens is 444 g/mol. The van der Waals surface area contributed by atoms with Crippen molar-refractivity contribution in [3.05, 3.63) is 58.7 Å². The van der Waals surface area contributed by atoms with Crippen LogP contribution in [0.3, 0.4) is 0 Å². The molecule has 1 spiro atoms. The van der Waals surface area contributed by atoms with E-state index in [1.165, 1.54) is 6.07 Å². The number of aliphatic hydroxyl groups is 1. The average Bonchev–Trinajstić information content (AvgIpc) is 3.18. The first-order valence-electron chi connectivity index (χ1n) is 12.0. The van der Waals surface area contributed by atoms with Crippen LogP contribution in [-0.4, -0.2) is 76.1 Å². The molecule has 0 radical (unpaired) electrons. The van der Waals surface area contributed by atoms with Gasteiger partial charge in [0.15, 0.2) is 17.3 Å². The molecule has 1 saturated carbocycles. The number of hydrogen-bond acceptors (Lipinski definition) is 6. The van der Waals surface area contributed by atoms with Gasteiger partial charge in [-0.25, -0.2) is 0 Å². The fourth-order valence-corrected chi connectivity index (χ4v) is 7.08. The van der Waals surface area contributed by atoms with Crippen molar-refractivity contribution in [3.8, 4) is 23.3 Å². The highest BCUT2D eigenvalue weighted by molar-refractivity contribution is 6.06. The van der Waals surface area contributed by atoms with E-state index in [1.807, 2.05) is 43.1 Å². The van der Waals surface area contributed by atoms with E-state index in [0.29, 0.717) is 36.9 Å². The lowest BCUT2D eigenvalue weighted by Crippen LogP contribution is -2.79. The number of carbonyl (C=O) groups excluding carboxylic acids is 2. The fourth-order valence-electron chi connectivity index (χ4n) is 7.08. The summed E-state index contributed by atoms with van der Waals surface area (Å²) < 4.78 is 6.40. The molecule has 0 unspecified atom stereocenters. The van der Waals surface area contributed by atoms with Crippen molar-refractivity contribution < 1.29 is 24.5 Å². The molecule has 1 saturated heterocycles. The minimum atomic E-state index is -1.35. The van der Waals surface area contributed by atoms with Gasteiger partial charge in [-0.15, -0.1) is 0 Å². The SMILES string of the molecule is Cc1cccc(C#CC(=O)N(C)[C@@H]2CC[C@@]3(O)[C@H]4C(=O)c5ccc(O)c6c5[C@@]3(CCN4C)[C@H]2O6)c1. The monoisotopic (exact) mass is 472 g/mol. The van der Waals surface area contributed by atoms with Gasteiger partial charge in [0.05, 0.1) is 11.5 Å². The highest BCUT2D eigenvalue weighted by Crippen LogP contribution is 2.65. The molecule has 2 bridgehead atoms. The van der Waals surface area contributed by atoms with Crippen LogP contribution in [0.5, 0.6) is 11.5 Å². The van der Waals surface area contributed by atoms with Gasteiger partial charge in [-0.05, 0) is 69.6 Å². The Bertz CT molecular complexity index is 1340. The third-order valence-electron chi connectivity index (χ3n) is 8.67. The minimum Gasteiger partial charge on any atom is -0.504 e. The summed E-state index contributed by atoms with van der Waals surface area (Å²) in [6.07, 6.45) is 0.766. The normalized spacial score (nSPS) is 32.2. The van der Waals surface area contributed by atoms with Crippen LogP contribution in [-0.2, 0) is 10.2 Å². The Morgan fingerprint density at radius 3 is 2.83 bits per heavy atom. The fraction of sp³-hybridized carbons (Fsp3) is 0.429. The Hall–Kier alpha value is -3.34. The summed E-state index contributed by atoms with van der Waals surface area (Å²) in [6.45, 7) is 2.58. The number of aromatic hydroxyl groups is 1. The summed E-state index contributed by atoms with van der Waals surface area (Å²) in [5.74, 6) is 5.45. The zero-order chi connectivity index (χ0) is 24.7. The lowest BCUT2D eigenvalue weighted by atomic mass is 9.48. The second-order valence-electron chi connectivity index (χ2n) is 10.4. The van der Waals surface area contributed by atoms with Gasteiger partial charge >= 0.3 is 0 Å². The number of piperidine rings is 1. The summed E-state index contributed by atoms with van der Waals surface area (Å²) in [4.78, 5) is 30.2. The zero-order valence-electron chi connectivity index (χ0n) is 20.0. The summed E-state index contributed by atoms with van der Waals surface area (Å²) in [5, 5.41) is 22.9. The highest BCUT2D eigenvalue weighted by atomic mass is 16.5. The van der Waals surface area contributed by atoms with Gasteiger partial charge in [0.2, 0.25) is 0 Å². The second kappa shape index (κ2) is 7.33. The Labute approximate surface area is 204 Å². The van der Waals surface area contributed by atoms with Crippen LogP contribution in [0.4, 0.5) is 0 Å². The molecule has 2 heterocycles. The predicted octanol–water partition coefficient (Wildman–Crippen LogP) is 2.00. The zero-order valence-corrected chi connectivity index (χ0v) is 20.0. The van der Waals surface area contributed by atoms with Crippen LogP contribution in [0, 0.1) is 18.8 Å². The second-order valence-corrected chi connectivity index (χ2v) is 10.4. The molecule has 2 aromatic rings. The Morgan fingerprint density at radius 2 is 2.06 bits per heavy atom. The molecule has 0 aromatic heterocycles. The number of benzene rings is 2. The quantitative estimate of drug-likeness (QED) is 0.618. The molecule has 2 fully saturated rings. The van der Waals surface area contributed by atoms with Gasteiger partial charge in [0, 0.05) is 29.7 Å². The predicted molar refractivity (Wildman–Crippen MR) is 128 cm³/mol. The number of ether oxygens (including phenoxy) is 1. The molecule has 7 nitrogen and oxygen atoms in total. The lowest BCUT2D eigenvalue weighted by Gasteiger charge is -2.63. The first-order valence-corrected chi connectivity index (χ1v) is 12.0. The number of hydrogen-bond donors (Lipinski definition) is 2. The van der Waals surface area contributed by atoms with Crippen molar-refractivity contribution in [2.75, 3.05) is 20.6 Å². The number of ketones is 1. The first kappa shape index (κ1) is 22.1. The van der Waals surface area contributed by atoms with E-state index in [-0.39, 0.29) is 29.2 Å². The van der Waals surface area contributed by atoms with Gasteiger partial charge in [0.1, 0.15) is 17.7 Å². The van der Waals surface area contributed by atoms with Gasteiger partial charge in [-0.2, -0.15) is 0 Å². The van der Waals surface area contributed by atoms with Gasteiger partial charge in [-0.3, -0.25) is 14.5 Å². The summed E-state index contributed by atoms with van der Waals surface area (Å²) in [6, 6.07) is 9.75. The maximum absolute atomic E-state index is 13.5. The molecule has 6 rings (SSSR count). The van der Waals surface area contributed by atoms with Crippen LogP contribution < -0.4 is 4.74 Å². The number of Topliss-reactive ketones (excluding diaryl/α,β-unsaturated/α-hetero) is 1. The molecule has 35 heavy (non-hydrogen) atoms. The molecule has 1 amide bonds. The topological polar surface area (TPSA) is 90.3 Å². The molecular formula is C28H28N2O5. The molecule has 180 valence electrons. The first-order chi connectivity index (χ1) is 16.7. The van der Waals surface area contributed by atoms with Crippen molar-refractivity contribution >= 4 is 11.7 Å². The van der Waals surface area contributed by atoms with Crippen molar-refractivity contribution in [1.29, 1.82) is 0 Å². The Balaban J connectivity index is 1.42. The van der Waals surface area contributed by atoms with E-state index < -0.39 is 23.2 Å². The minimum absolute atomic E-state index is 0.0491. The molecule has 2 aliphatic carbocycles. The number of likely N-dealkylation sites (tertiary alicyclic amines) is 1. The number of nitrogens with zero attached hydrogens (tertiary/aromatic N) is 2. The van der Waals surface area contributed by atoms with Crippen LogP contribution in [0.25, 0.3) is 0 Å². The van der Waals surface area contributed by atoms with E-state index in [0.717, 1.165) is 11.1 Å². The number of likely N-dealkylation sites (N-methyl/N-ethyl adjacent to an activating group) is 2. The van der Waals surface area contributed by atoms with Crippen molar-refractivity contribution in [2.24, 2.45) is 0 Å². The molecule has 7 heteroatoms. The molecule has 2 N–H and O–H groups in total. The lowest BCUT2D eigenvalue weighted by molar-refractivity contribution is -0.183. The Morgan fingerprint density at radius 1 is 1.26 bits per heavy atom. The number of rotatable bonds is 1. The van der Waals surface area contributed by atoms with Crippen LogP contribution in [0.15, 0.2) is 36.4 Å². The standard InChI is InChI=1S/C28H28N2O5/c1-16-5-4-6-17(15-16)7-10-21(32)30(3)19-11-12-28(34)25-23(33)18-8-9-20(31)24-22(18)27(28,26(19)35-24)13-14-29(25)2/h4-6,8-9,15,19,25-26,31,34H,11-14H2,1-3H3/t19-,25-,26+,27+,28-/m1/s1. The Kier molecular flexibility index (Phi) is 4.64. The molecule has 5 atom stereocenters. The van der Waals surface area contributed by atoms with E-state index in [4.69, 9.17) is 4.74 Å². The van der Waals surface area contributed by atoms with E-state index >= 15 is 0 Å². The largest absolute Gasteiger partial charge is 0.504 e. The summed E-state index contributed by atoms with van der Waals surface area (Å²) in [5.41, 5.74) is 0.710. The number of phenols is 1. The van der Waals surface area contributed by atoms with Gasteiger partial charge in [-0.1, -0.05) is 18.1 Å². The number of phenolic OH excluding ortho intramolecular Hbond substituents is 1. The molecule has 2 aliphatic heterocycles. The maximum atomic E-state index is 13.5. The van der Waals surface area contributed by atoms with Crippen LogP contribution in [0.1, 0.15) is 46.3 Å². The van der Waals surface area contributed by atoms with Gasteiger partial charge < -0.3 is 19.8 Å².